The van der Waals surface area contributed by atoms with E-state index in [9.17, 15) is 14.3 Å². The van der Waals surface area contributed by atoms with E-state index < -0.39 is 30.1 Å². The lowest BCUT2D eigenvalue weighted by atomic mass is 10.1. The molecule has 0 radical (unpaired) electrons. The lowest BCUT2D eigenvalue weighted by Gasteiger charge is -2.21. The Labute approximate surface area is 87.1 Å². The van der Waals surface area contributed by atoms with Gasteiger partial charge in [0.25, 0.3) is 0 Å². The van der Waals surface area contributed by atoms with Crippen molar-refractivity contribution in [3.05, 3.63) is 0 Å². The Morgan fingerprint density at radius 3 is 2.67 bits per heavy atom. The summed E-state index contributed by atoms with van der Waals surface area (Å²) in [6.45, 7) is 3.34. The Morgan fingerprint density at radius 1 is 1.67 bits per heavy atom. The van der Waals surface area contributed by atoms with E-state index in [4.69, 9.17) is 9.47 Å². The molecule has 0 saturated carbocycles. The highest BCUT2D eigenvalue weighted by molar-refractivity contribution is 5.75. The molecular formula is C9H15FO5. The van der Waals surface area contributed by atoms with Crippen LogP contribution in [-0.4, -0.2) is 49.0 Å². The van der Waals surface area contributed by atoms with Gasteiger partial charge >= 0.3 is 5.97 Å². The zero-order valence-electron chi connectivity index (χ0n) is 8.90. The maximum absolute atomic E-state index is 13.2. The highest BCUT2D eigenvalue weighted by atomic mass is 19.1. The van der Waals surface area contributed by atoms with Crippen molar-refractivity contribution in [1.82, 2.24) is 0 Å². The molecule has 1 rings (SSSR count). The fourth-order valence-electron chi connectivity index (χ4n) is 1.32. The van der Waals surface area contributed by atoms with Gasteiger partial charge in [0.1, 0.15) is 12.2 Å². The number of carbonyl (C=O) groups excluding carboxylic acids is 1. The second-order valence-electron chi connectivity index (χ2n) is 3.78. The first-order valence-electron chi connectivity index (χ1n) is 4.59. The topological polar surface area (TPSA) is 65.0 Å². The zero-order valence-corrected chi connectivity index (χ0v) is 8.90. The molecule has 6 heteroatoms. The van der Waals surface area contributed by atoms with Gasteiger partial charge in [-0.25, -0.2) is 9.18 Å². The van der Waals surface area contributed by atoms with Crippen molar-refractivity contribution >= 4 is 5.97 Å². The van der Waals surface area contributed by atoms with Gasteiger partial charge in [-0.2, -0.15) is 0 Å². The van der Waals surface area contributed by atoms with E-state index >= 15 is 0 Å². The fourth-order valence-corrected chi connectivity index (χ4v) is 1.32. The molecule has 0 bridgehead atoms. The summed E-state index contributed by atoms with van der Waals surface area (Å²) in [7, 11) is 1.05. The maximum Gasteiger partial charge on any atom is 0.343 e. The minimum absolute atomic E-state index is 0.0472. The smallest absolute Gasteiger partial charge is 0.343 e. The Morgan fingerprint density at radius 2 is 2.27 bits per heavy atom. The first-order valence-corrected chi connectivity index (χ1v) is 4.59. The molecule has 1 heterocycles. The molecule has 1 aliphatic rings. The number of halogens is 1. The van der Waals surface area contributed by atoms with Gasteiger partial charge in [-0.15, -0.1) is 0 Å². The van der Waals surface area contributed by atoms with Gasteiger partial charge in [0.05, 0.1) is 13.7 Å². The summed E-state index contributed by atoms with van der Waals surface area (Å²) in [6, 6.07) is 0. The molecular weight excluding hydrogens is 207 g/mol. The number of carbonyl (C=O) groups is 1. The predicted octanol–water partition coefficient (Wildman–Crippen LogP) is 0.00990. The van der Waals surface area contributed by atoms with E-state index in [-0.39, 0.29) is 6.61 Å². The average molecular weight is 222 g/mol. The number of ether oxygens (including phenoxy) is 3. The number of aliphatic hydroxyl groups is 1. The van der Waals surface area contributed by atoms with Gasteiger partial charge < -0.3 is 19.3 Å². The van der Waals surface area contributed by atoms with Gasteiger partial charge in [0.15, 0.2) is 5.79 Å². The van der Waals surface area contributed by atoms with Crippen molar-refractivity contribution in [2.75, 3.05) is 13.7 Å². The predicted molar refractivity (Wildman–Crippen MR) is 47.8 cm³/mol. The van der Waals surface area contributed by atoms with E-state index in [0.717, 1.165) is 7.11 Å². The number of esters is 1. The molecule has 0 aromatic carbocycles. The molecule has 0 amide bonds. The van der Waals surface area contributed by atoms with Crippen LogP contribution < -0.4 is 0 Å². The van der Waals surface area contributed by atoms with E-state index in [1.165, 1.54) is 0 Å². The van der Waals surface area contributed by atoms with Crippen LogP contribution in [0.2, 0.25) is 0 Å². The molecule has 1 aliphatic heterocycles. The summed E-state index contributed by atoms with van der Waals surface area (Å²) in [6.07, 6.45) is -4.54. The number of rotatable bonds is 3. The van der Waals surface area contributed by atoms with Crippen LogP contribution in [0, 0.1) is 0 Å². The molecule has 0 aliphatic carbocycles. The molecule has 0 aromatic rings. The van der Waals surface area contributed by atoms with Crippen LogP contribution in [0.3, 0.4) is 0 Å². The molecule has 0 aromatic heterocycles. The SMILES string of the molecule is COC(=O)C(F)C(O)C1COC(C)(C)O1. The number of hydrogen-bond donors (Lipinski definition) is 1. The lowest BCUT2D eigenvalue weighted by Crippen LogP contribution is -2.42. The molecule has 88 valence electrons. The number of methoxy groups -OCH3 is 1. The number of alkyl halides is 1. The fraction of sp³-hybridized carbons (Fsp3) is 0.889. The minimum Gasteiger partial charge on any atom is -0.467 e. The molecule has 0 spiro atoms. The second kappa shape index (κ2) is 4.42. The van der Waals surface area contributed by atoms with Crippen LogP contribution in [0.5, 0.6) is 0 Å². The van der Waals surface area contributed by atoms with Gasteiger partial charge in [-0.05, 0) is 13.8 Å². The Kier molecular flexibility index (Phi) is 3.64. The summed E-state index contributed by atoms with van der Waals surface area (Å²) >= 11 is 0. The van der Waals surface area contributed by atoms with Gasteiger partial charge in [0, 0.05) is 0 Å². The minimum atomic E-state index is -2.11. The quantitative estimate of drug-likeness (QED) is 0.681. The lowest BCUT2D eigenvalue weighted by molar-refractivity contribution is -0.168. The summed E-state index contributed by atoms with van der Waals surface area (Å²) < 4.78 is 27.8. The first-order chi connectivity index (χ1) is 6.87. The van der Waals surface area contributed by atoms with E-state index in [1.54, 1.807) is 13.8 Å². The first kappa shape index (κ1) is 12.4. The Hall–Kier alpha value is -0.720. The van der Waals surface area contributed by atoms with Gasteiger partial charge in [0.2, 0.25) is 6.17 Å². The normalized spacial score (nSPS) is 28.5. The molecule has 1 fully saturated rings. The average Bonchev–Trinajstić information content (AvgIpc) is 2.55. The summed E-state index contributed by atoms with van der Waals surface area (Å²) in [4.78, 5) is 10.8. The number of aliphatic hydroxyl groups excluding tert-OH is 1. The third kappa shape index (κ3) is 2.87. The zero-order chi connectivity index (χ0) is 11.6. The summed E-state index contributed by atoms with van der Waals surface area (Å²) in [5, 5.41) is 9.47. The monoisotopic (exact) mass is 222 g/mol. The highest BCUT2D eigenvalue weighted by Gasteiger charge is 2.42. The molecule has 3 unspecified atom stereocenters. The Bertz CT molecular complexity index is 243. The second-order valence-corrected chi connectivity index (χ2v) is 3.78. The van der Waals surface area contributed by atoms with Gasteiger partial charge in [-0.3, -0.25) is 0 Å². The highest BCUT2D eigenvalue weighted by Crippen LogP contribution is 2.25. The Balaban J connectivity index is 2.55. The molecule has 5 nitrogen and oxygen atoms in total. The van der Waals surface area contributed by atoms with Crippen LogP contribution in [0.4, 0.5) is 4.39 Å². The maximum atomic E-state index is 13.2. The standard InChI is InChI=1S/C9H15FO5/c1-9(2)14-4-5(15-9)7(11)6(10)8(12)13-3/h5-7,11H,4H2,1-3H3. The third-order valence-electron chi connectivity index (χ3n) is 2.14. The van der Waals surface area contributed by atoms with Crippen molar-refractivity contribution in [2.24, 2.45) is 0 Å². The molecule has 1 N–H and O–H groups in total. The van der Waals surface area contributed by atoms with Crippen LogP contribution in [0.25, 0.3) is 0 Å². The van der Waals surface area contributed by atoms with E-state index in [1.807, 2.05) is 0 Å². The molecule has 3 atom stereocenters. The van der Waals surface area contributed by atoms with Crippen molar-refractivity contribution < 1.29 is 28.5 Å². The van der Waals surface area contributed by atoms with E-state index in [2.05, 4.69) is 4.74 Å². The largest absolute Gasteiger partial charge is 0.467 e. The molecule has 1 saturated heterocycles. The van der Waals surface area contributed by atoms with Crippen LogP contribution in [0.15, 0.2) is 0 Å². The van der Waals surface area contributed by atoms with Gasteiger partial charge in [-0.1, -0.05) is 0 Å². The summed E-state index contributed by atoms with van der Waals surface area (Å²) in [5.41, 5.74) is 0. The molecule has 15 heavy (non-hydrogen) atoms. The van der Waals surface area contributed by atoms with Crippen molar-refractivity contribution in [3.8, 4) is 0 Å². The van der Waals surface area contributed by atoms with Crippen molar-refractivity contribution in [2.45, 2.75) is 38.0 Å². The van der Waals surface area contributed by atoms with Crippen LogP contribution in [0.1, 0.15) is 13.8 Å². The van der Waals surface area contributed by atoms with E-state index in [0.29, 0.717) is 0 Å². The van der Waals surface area contributed by atoms with Crippen molar-refractivity contribution in [3.63, 3.8) is 0 Å². The van der Waals surface area contributed by atoms with Crippen LogP contribution in [-0.2, 0) is 19.0 Å². The third-order valence-corrected chi connectivity index (χ3v) is 2.14. The van der Waals surface area contributed by atoms with Crippen molar-refractivity contribution in [1.29, 1.82) is 0 Å². The summed E-state index contributed by atoms with van der Waals surface area (Å²) in [5.74, 6) is -1.97. The van der Waals surface area contributed by atoms with Crippen LogP contribution >= 0.6 is 0 Å². The number of hydrogen-bond acceptors (Lipinski definition) is 5.